The normalized spacial score (nSPS) is 32.2. The minimum absolute atomic E-state index is 0.0787. The molecule has 2 aliphatic rings. The van der Waals surface area contributed by atoms with Crippen molar-refractivity contribution in [2.24, 2.45) is 5.41 Å². The van der Waals surface area contributed by atoms with Gasteiger partial charge in [0.05, 0.1) is 0 Å². The molecule has 1 aliphatic carbocycles. The van der Waals surface area contributed by atoms with Crippen LogP contribution in [0.15, 0.2) is 48.1 Å². The Morgan fingerprint density at radius 3 is 2.92 bits per heavy atom. The molecule has 0 saturated heterocycles. The Kier molecular flexibility index (Phi) is 6.77. The highest BCUT2D eigenvalue weighted by Crippen LogP contribution is 2.39. The molecule has 0 amide bonds. The minimum atomic E-state index is -0.241. The van der Waals surface area contributed by atoms with E-state index < -0.39 is 0 Å². The van der Waals surface area contributed by atoms with Gasteiger partial charge >= 0.3 is 5.97 Å². The van der Waals surface area contributed by atoms with Crippen molar-refractivity contribution in [1.82, 2.24) is 0 Å². The molecule has 0 aromatic heterocycles. The van der Waals surface area contributed by atoms with Crippen LogP contribution in [0.3, 0.4) is 0 Å². The predicted octanol–water partition coefficient (Wildman–Crippen LogP) is 4.85. The Hall–Kier alpha value is -1.90. The lowest BCUT2D eigenvalue weighted by molar-refractivity contribution is -0.148. The molecule has 0 radical (unpaired) electrons. The molecule has 1 heterocycles. The molecule has 0 fully saturated rings. The molecule has 130 valence electrons. The van der Waals surface area contributed by atoms with E-state index in [9.17, 15) is 9.59 Å². The quantitative estimate of drug-likeness (QED) is 0.549. The largest absolute Gasteiger partial charge is 0.462 e. The van der Waals surface area contributed by atoms with E-state index in [4.69, 9.17) is 4.74 Å². The van der Waals surface area contributed by atoms with Crippen molar-refractivity contribution in [3.63, 3.8) is 0 Å². The highest BCUT2D eigenvalue weighted by atomic mass is 16.5. The number of fused-ring (bicyclic) bond motifs is 1. The molecule has 0 saturated carbocycles. The summed E-state index contributed by atoms with van der Waals surface area (Å²) < 4.78 is 5.64. The summed E-state index contributed by atoms with van der Waals surface area (Å²) in [6, 6.07) is 0. The maximum absolute atomic E-state index is 12.2. The number of carbonyl (C=O) groups is 2. The fraction of sp³-hybridized carbons (Fsp3) is 0.524. The average Bonchev–Trinajstić information content (AvgIpc) is 2.83. The molecule has 3 nitrogen and oxygen atoms in total. The topological polar surface area (TPSA) is 43.4 Å². The van der Waals surface area contributed by atoms with Gasteiger partial charge in [-0.25, -0.2) is 0 Å². The van der Waals surface area contributed by atoms with Gasteiger partial charge in [0.2, 0.25) is 0 Å². The van der Waals surface area contributed by atoms with Gasteiger partial charge in [-0.15, -0.1) is 0 Å². The zero-order chi connectivity index (χ0) is 17.4. The maximum Gasteiger partial charge on any atom is 0.306 e. The SMILES string of the molecule is CC/C=C\CC1C/C=C2/C(=O)C=C[C@]2(C)C/C=C\CCCC(=O)O1. The molecule has 0 aromatic rings. The Morgan fingerprint density at radius 2 is 2.12 bits per heavy atom. The van der Waals surface area contributed by atoms with Crippen molar-refractivity contribution in [3.05, 3.63) is 48.1 Å². The van der Waals surface area contributed by atoms with E-state index in [1.807, 2.05) is 12.2 Å². The van der Waals surface area contributed by atoms with E-state index in [-0.39, 0.29) is 23.3 Å². The summed E-state index contributed by atoms with van der Waals surface area (Å²) in [5.74, 6) is -0.0653. The van der Waals surface area contributed by atoms with Crippen LogP contribution >= 0.6 is 0 Å². The lowest BCUT2D eigenvalue weighted by atomic mass is 9.80. The van der Waals surface area contributed by atoms with Crippen LogP contribution in [-0.4, -0.2) is 17.9 Å². The summed E-state index contributed by atoms with van der Waals surface area (Å²) in [5.41, 5.74) is 0.585. The predicted molar refractivity (Wildman–Crippen MR) is 96.5 cm³/mol. The van der Waals surface area contributed by atoms with Crippen molar-refractivity contribution in [1.29, 1.82) is 0 Å². The Labute approximate surface area is 145 Å². The van der Waals surface area contributed by atoms with Crippen LogP contribution in [-0.2, 0) is 14.3 Å². The van der Waals surface area contributed by atoms with Crippen molar-refractivity contribution in [2.75, 3.05) is 0 Å². The molecule has 0 N–H and O–H groups in total. The van der Waals surface area contributed by atoms with Gasteiger partial charge in [-0.1, -0.05) is 50.3 Å². The number of allylic oxidation sites excluding steroid dienone is 6. The summed E-state index contributed by atoms with van der Waals surface area (Å²) in [5, 5.41) is 0. The number of carbonyl (C=O) groups excluding carboxylic acids is 2. The molecule has 0 bridgehead atoms. The molecule has 2 atom stereocenters. The van der Waals surface area contributed by atoms with E-state index >= 15 is 0 Å². The minimum Gasteiger partial charge on any atom is -0.462 e. The fourth-order valence-corrected chi connectivity index (χ4v) is 3.14. The number of hydrogen-bond acceptors (Lipinski definition) is 3. The van der Waals surface area contributed by atoms with Gasteiger partial charge in [0.25, 0.3) is 0 Å². The number of rotatable bonds is 3. The molecule has 1 unspecified atom stereocenters. The zero-order valence-electron chi connectivity index (χ0n) is 14.8. The van der Waals surface area contributed by atoms with Gasteiger partial charge in [-0.3, -0.25) is 9.59 Å². The first-order chi connectivity index (χ1) is 11.5. The summed E-state index contributed by atoms with van der Waals surface area (Å²) in [6.07, 6.45) is 19.0. The van der Waals surface area contributed by atoms with Crippen LogP contribution in [0.2, 0.25) is 0 Å². The van der Waals surface area contributed by atoms with E-state index in [1.165, 1.54) is 0 Å². The Balaban J connectivity index is 2.20. The van der Waals surface area contributed by atoms with Gasteiger partial charge in [0, 0.05) is 30.3 Å². The third kappa shape index (κ3) is 5.05. The maximum atomic E-state index is 12.2. The van der Waals surface area contributed by atoms with Crippen molar-refractivity contribution in [2.45, 2.75) is 64.9 Å². The number of esters is 1. The van der Waals surface area contributed by atoms with Crippen LogP contribution < -0.4 is 0 Å². The van der Waals surface area contributed by atoms with Crippen molar-refractivity contribution < 1.29 is 14.3 Å². The highest BCUT2D eigenvalue weighted by molar-refractivity contribution is 6.08. The second-order valence-electron chi connectivity index (χ2n) is 6.76. The zero-order valence-corrected chi connectivity index (χ0v) is 14.8. The van der Waals surface area contributed by atoms with Crippen LogP contribution in [0.4, 0.5) is 0 Å². The van der Waals surface area contributed by atoms with E-state index in [0.29, 0.717) is 19.3 Å². The molecule has 0 aromatic carbocycles. The second kappa shape index (κ2) is 8.81. The Bertz CT molecular complexity index is 580. The molecule has 0 spiro atoms. The third-order valence-corrected chi connectivity index (χ3v) is 4.63. The lowest BCUT2D eigenvalue weighted by Crippen LogP contribution is -2.19. The number of hydrogen-bond donors (Lipinski definition) is 0. The summed E-state index contributed by atoms with van der Waals surface area (Å²) in [7, 11) is 0. The van der Waals surface area contributed by atoms with Gasteiger partial charge in [-0.2, -0.15) is 0 Å². The first kappa shape index (κ1) is 18.4. The van der Waals surface area contributed by atoms with Crippen molar-refractivity contribution in [3.8, 4) is 0 Å². The third-order valence-electron chi connectivity index (χ3n) is 4.63. The molecule has 24 heavy (non-hydrogen) atoms. The number of cyclic esters (lactones) is 1. The molecular weight excluding hydrogens is 300 g/mol. The highest BCUT2D eigenvalue weighted by Gasteiger charge is 2.33. The average molecular weight is 328 g/mol. The first-order valence-electron chi connectivity index (χ1n) is 8.99. The molecule has 3 heteroatoms. The monoisotopic (exact) mass is 328 g/mol. The molecular formula is C21H28O3. The number of ketones is 1. The van der Waals surface area contributed by atoms with E-state index in [0.717, 1.165) is 31.3 Å². The van der Waals surface area contributed by atoms with Gasteiger partial charge in [0.15, 0.2) is 5.78 Å². The van der Waals surface area contributed by atoms with Gasteiger partial charge < -0.3 is 4.74 Å². The number of ether oxygens (including phenoxy) is 1. The van der Waals surface area contributed by atoms with Crippen molar-refractivity contribution >= 4 is 11.8 Å². The smallest absolute Gasteiger partial charge is 0.306 e. The van der Waals surface area contributed by atoms with Crippen LogP contribution in [0, 0.1) is 5.41 Å². The summed E-state index contributed by atoms with van der Waals surface area (Å²) >= 11 is 0. The molecule has 2 rings (SSSR count). The fourth-order valence-electron chi connectivity index (χ4n) is 3.14. The van der Waals surface area contributed by atoms with Crippen LogP contribution in [0.5, 0.6) is 0 Å². The van der Waals surface area contributed by atoms with Crippen LogP contribution in [0.1, 0.15) is 58.8 Å². The van der Waals surface area contributed by atoms with E-state index in [1.54, 1.807) is 6.08 Å². The standard InChI is InChI=1S/C21H28O3/c1-3-4-7-10-17-12-13-18-19(22)14-16-21(18,2)15-9-6-5-8-11-20(23)24-17/h4,6-7,9,13-14,16-17H,3,5,8,10-12,15H2,1-2H3/b7-4-,9-6-,18-13-/t17?,21-/m0/s1. The summed E-state index contributed by atoms with van der Waals surface area (Å²) in [4.78, 5) is 24.2. The van der Waals surface area contributed by atoms with E-state index in [2.05, 4.69) is 38.2 Å². The Morgan fingerprint density at radius 1 is 1.29 bits per heavy atom. The second-order valence-corrected chi connectivity index (χ2v) is 6.76. The first-order valence-corrected chi connectivity index (χ1v) is 8.99. The van der Waals surface area contributed by atoms with Crippen LogP contribution in [0.25, 0.3) is 0 Å². The van der Waals surface area contributed by atoms with Gasteiger partial charge in [-0.05, 0) is 31.8 Å². The summed E-state index contributed by atoms with van der Waals surface area (Å²) in [6.45, 7) is 4.18. The lowest BCUT2D eigenvalue weighted by Gasteiger charge is -2.23. The molecule has 1 aliphatic heterocycles. The van der Waals surface area contributed by atoms with Gasteiger partial charge in [0.1, 0.15) is 6.10 Å².